The van der Waals surface area contributed by atoms with Crippen molar-refractivity contribution in [2.24, 2.45) is 11.7 Å². The minimum Gasteiger partial charge on any atom is -0.330 e. The number of hydrogen-bond donors (Lipinski definition) is 1. The molecule has 1 saturated carbocycles. The summed E-state index contributed by atoms with van der Waals surface area (Å²) in [5.41, 5.74) is 5.41. The molecule has 0 heterocycles. The van der Waals surface area contributed by atoms with Crippen LogP contribution in [0.1, 0.15) is 25.7 Å². The van der Waals surface area contributed by atoms with Crippen LogP contribution < -0.4 is 5.73 Å². The van der Waals surface area contributed by atoms with E-state index in [1.807, 2.05) is 0 Å². The Morgan fingerprint density at radius 1 is 1.44 bits per heavy atom. The third-order valence-corrected chi connectivity index (χ3v) is 2.16. The van der Waals surface area contributed by atoms with Gasteiger partial charge < -0.3 is 5.73 Å². The Morgan fingerprint density at radius 3 is 2.67 bits per heavy atom. The van der Waals surface area contributed by atoms with Gasteiger partial charge in [-0.05, 0) is 18.9 Å². The molecular weight excluding hydrogens is 109 g/mol. The van der Waals surface area contributed by atoms with E-state index in [0.717, 1.165) is 12.5 Å². The van der Waals surface area contributed by atoms with Crippen molar-refractivity contribution < 1.29 is 0 Å². The van der Waals surface area contributed by atoms with Gasteiger partial charge in [0.25, 0.3) is 0 Å². The lowest BCUT2D eigenvalue weighted by Gasteiger charge is -2.05. The first-order chi connectivity index (χ1) is 4.33. The van der Waals surface area contributed by atoms with Gasteiger partial charge in [-0.1, -0.05) is 25.1 Å². The average Bonchev–Trinajstić information content (AvgIpc) is 2.17. The second kappa shape index (κ2) is 3.26. The highest BCUT2D eigenvalue weighted by atomic mass is 14.5. The second-order valence-corrected chi connectivity index (χ2v) is 3.02. The van der Waals surface area contributed by atoms with E-state index in [4.69, 9.17) is 13.6 Å². The van der Waals surface area contributed by atoms with Gasteiger partial charge in [-0.25, -0.2) is 0 Å². The van der Waals surface area contributed by atoms with Gasteiger partial charge in [0.1, 0.15) is 0 Å². The van der Waals surface area contributed by atoms with Crippen LogP contribution in [0.5, 0.6) is 0 Å². The molecule has 0 bridgehead atoms. The summed E-state index contributed by atoms with van der Waals surface area (Å²) in [5.74, 6) is 1.31. The molecule has 9 heavy (non-hydrogen) atoms. The van der Waals surface area contributed by atoms with Crippen LogP contribution in [0.3, 0.4) is 0 Å². The summed E-state index contributed by atoms with van der Waals surface area (Å²) in [4.78, 5) is 0. The SMILES string of the molecule is [B]C1CCC(CCN)C1. The van der Waals surface area contributed by atoms with Crippen LogP contribution >= 0.6 is 0 Å². The van der Waals surface area contributed by atoms with E-state index in [2.05, 4.69) is 0 Å². The van der Waals surface area contributed by atoms with E-state index in [0.29, 0.717) is 5.82 Å². The van der Waals surface area contributed by atoms with Crippen LogP contribution in [0.15, 0.2) is 0 Å². The standard InChI is InChI=1S/C7H14BN/c8-7-2-1-6(5-7)3-4-9/h6-7H,1-5,9H2. The molecule has 1 rings (SSSR count). The Labute approximate surface area is 58.4 Å². The highest BCUT2D eigenvalue weighted by molar-refractivity contribution is 6.11. The van der Waals surface area contributed by atoms with Crippen LogP contribution in [0, 0.1) is 5.92 Å². The zero-order chi connectivity index (χ0) is 6.69. The number of rotatable bonds is 2. The highest BCUT2D eigenvalue weighted by Gasteiger charge is 2.19. The highest BCUT2D eigenvalue weighted by Crippen LogP contribution is 2.34. The maximum absolute atomic E-state index is 5.71. The molecule has 1 aliphatic rings. The van der Waals surface area contributed by atoms with E-state index in [1.54, 1.807) is 0 Å². The van der Waals surface area contributed by atoms with Crippen molar-refractivity contribution in [1.29, 1.82) is 0 Å². The van der Waals surface area contributed by atoms with E-state index in [9.17, 15) is 0 Å². The molecule has 0 aromatic carbocycles. The fourth-order valence-electron chi connectivity index (χ4n) is 1.61. The maximum Gasteiger partial charge on any atom is 0.0699 e. The van der Waals surface area contributed by atoms with Crippen LogP contribution in [0.2, 0.25) is 5.82 Å². The van der Waals surface area contributed by atoms with E-state index >= 15 is 0 Å². The van der Waals surface area contributed by atoms with Gasteiger partial charge in [0.2, 0.25) is 0 Å². The van der Waals surface area contributed by atoms with Crippen LogP contribution in [0.25, 0.3) is 0 Å². The number of nitrogens with two attached hydrogens (primary N) is 1. The Morgan fingerprint density at radius 2 is 2.22 bits per heavy atom. The fraction of sp³-hybridized carbons (Fsp3) is 1.00. The van der Waals surface area contributed by atoms with Crippen molar-refractivity contribution in [3.05, 3.63) is 0 Å². The quantitative estimate of drug-likeness (QED) is 0.546. The molecule has 0 amide bonds. The summed E-state index contributed by atoms with van der Waals surface area (Å²) in [6.45, 7) is 0.831. The predicted octanol–water partition coefficient (Wildman–Crippen LogP) is 1.09. The lowest BCUT2D eigenvalue weighted by atomic mass is 9.85. The molecule has 2 radical (unpaired) electrons. The Balaban J connectivity index is 2.14. The van der Waals surface area contributed by atoms with Crippen molar-refractivity contribution in [3.63, 3.8) is 0 Å². The molecule has 0 aromatic heterocycles. The smallest absolute Gasteiger partial charge is 0.0699 e. The third-order valence-electron chi connectivity index (χ3n) is 2.16. The zero-order valence-electron chi connectivity index (χ0n) is 5.84. The molecular formula is C7H14BN. The Kier molecular flexibility index (Phi) is 2.58. The lowest BCUT2D eigenvalue weighted by molar-refractivity contribution is 0.511. The summed E-state index contributed by atoms with van der Waals surface area (Å²) < 4.78 is 0. The summed E-state index contributed by atoms with van der Waals surface area (Å²) in [7, 11) is 5.71. The normalized spacial score (nSPS) is 35.2. The molecule has 1 fully saturated rings. The molecule has 2 unspecified atom stereocenters. The lowest BCUT2D eigenvalue weighted by Crippen LogP contribution is -2.05. The molecule has 2 heteroatoms. The van der Waals surface area contributed by atoms with Gasteiger partial charge in [-0.2, -0.15) is 0 Å². The molecule has 0 aromatic rings. The maximum atomic E-state index is 5.71. The second-order valence-electron chi connectivity index (χ2n) is 3.02. The fourth-order valence-corrected chi connectivity index (χ4v) is 1.61. The third kappa shape index (κ3) is 2.01. The first-order valence-electron chi connectivity index (χ1n) is 3.78. The van der Waals surface area contributed by atoms with Crippen molar-refractivity contribution in [1.82, 2.24) is 0 Å². The van der Waals surface area contributed by atoms with Crippen molar-refractivity contribution in [3.8, 4) is 0 Å². The van der Waals surface area contributed by atoms with Gasteiger partial charge in [0.05, 0.1) is 7.85 Å². The van der Waals surface area contributed by atoms with Crippen molar-refractivity contribution in [2.75, 3.05) is 6.54 Å². The number of hydrogen-bond acceptors (Lipinski definition) is 1. The molecule has 1 nitrogen and oxygen atoms in total. The first kappa shape index (κ1) is 7.14. The Bertz CT molecular complexity index is 83.0. The minimum atomic E-state index is 0.474. The van der Waals surface area contributed by atoms with Gasteiger partial charge in [0.15, 0.2) is 0 Å². The summed E-state index contributed by atoms with van der Waals surface area (Å²) in [6.07, 6.45) is 4.90. The molecule has 2 atom stereocenters. The molecule has 0 aliphatic heterocycles. The monoisotopic (exact) mass is 123 g/mol. The summed E-state index contributed by atoms with van der Waals surface area (Å²) in [5, 5.41) is 0. The largest absolute Gasteiger partial charge is 0.330 e. The topological polar surface area (TPSA) is 26.0 Å². The van der Waals surface area contributed by atoms with Crippen LogP contribution in [-0.4, -0.2) is 14.4 Å². The minimum absolute atomic E-state index is 0.474. The van der Waals surface area contributed by atoms with E-state index in [1.165, 1.54) is 25.7 Å². The van der Waals surface area contributed by atoms with Gasteiger partial charge in [-0.15, -0.1) is 0 Å². The molecule has 1 aliphatic carbocycles. The van der Waals surface area contributed by atoms with Gasteiger partial charge >= 0.3 is 0 Å². The predicted molar refractivity (Wildman–Crippen MR) is 40.5 cm³/mol. The first-order valence-corrected chi connectivity index (χ1v) is 3.78. The van der Waals surface area contributed by atoms with Crippen molar-refractivity contribution in [2.45, 2.75) is 31.5 Å². The van der Waals surface area contributed by atoms with Crippen molar-refractivity contribution >= 4 is 7.85 Å². The van der Waals surface area contributed by atoms with Crippen LogP contribution in [0.4, 0.5) is 0 Å². The average molecular weight is 123 g/mol. The summed E-state index contributed by atoms with van der Waals surface area (Å²) >= 11 is 0. The molecule has 50 valence electrons. The Hall–Kier alpha value is 0.0249. The van der Waals surface area contributed by atoms with Crippen LogP contribution in [-0.2, 0) is 0 Å². The summed E-state index contributed by atoms with van der Waals surface area (Å²) in [6, 6.07) is 0. The van der Waals surface area contributed by atoms with E-state index < -0.39 is 0 Å². The molecule has 2 N–H and O–H groups in total. The van der Waals surface area contributed by atoms with Gasteiger partial charge in [-0.3, -0.25) is 0 Å². The van der Waals surface area contributed by atoms with Gasteiger partial charge in [0, 0.05) is 0 Å². The molecule has 0 spiro atoms. The molecule has 0 saturated heterocycles. The zero-order valence-corrected chi connectivity index (χ0v) is 5.84. The van der Waals surface area contributed by atoms with E-state index in [-0.39, 0.29) is 0 Å².